The summed E-state index contributed by atoms with van der Waals surface area (Å²) >= 11 is 0. The molecular weight excluding hydrogens is 440 g/mol. The van der Waals surface area contributed by atoms with Gasteiger partial charge in [0.15, 0.2) is 0 Å². The lowest BCUT2D eigenvalue weighted by atomic mass is 9.63. The summed E-state index contributed by atoms with van der Waals surface area (Å²) in [5.41, 5.74) is 3.40. The fourth-order valence-corrected chi connectivity index (χ4v) is 7.66. The van der Waals surface area contributed by atoms with Gasteiger partial charge in [0, 0.05) is 56.1 Å². The zero-order valence-electron chi connectivity index (χ0n) is 23.0. The van der Waals surface area contributed by atoms with Crippen LogP contribution in [0, 0.1) is 0 Å². The number of rotatable bonds is 9. The highest BCUT2D eigenvalue weighted by atomic mass is 15.3. The van der Waals surface area contributed by atoms with Gasteiger partial charge >= 0.3 is 0 Å². The molecule has 4 aliphatic rings. The second kappa shape index (κ2) is 11.8. The van der Waals surface area contributed by atoms with E-state index >= 15 is 0 Å². The molecule has 3 heterocycles. The van der Waals surface area contributed by atoms with E-state index in [1.165, 1.54) is 71.5 Å². The first-order valence-corrected chi connectivity index (χ1v) is 14.6. The van der Waals surface area contributed by atoms with Crippen molar-refractivity contribution in [3.8, 4) is 0 Å². The van der Waals surface area contributed by atoms with E-state index in [1.807, 2.05) is 0 Å². The topological polar surface area (TPSA) is 13.0 Å². The quantitative estimate of drug-likeness (QED) is 0.484. The van der Waals surface area contributed by atoms with Crippen LogP contribution < -0.4 is 0 Å². The third-order valence-corrected chi connectivity index (χ3v) is 9.75. The van der Waals surface area contributed by atoms with Gasteiger partial charge < -0.3 is 9.80 Å². The number of hydrogen-bond donors (Lipinski definition) is 0. The van der Waals surface area contributed by atoms with Gasteiger partial charge in [0.05, 0.1) is 0 Å². The molecule has 196 valence electrons. The lowest BCUT2D eigenvalue weighted by Crippen LogP contribution is -2.59. The summed E-state index contributed by atoms with van der Waals surface area (Å²) in [6.07, 6.45) is 5.19. The van der Waals surface area contributed by atoms with Crippen LogP contribution >= 0.6 is 0 Å². The lowest BCUT2D eigenvalue weighted by Gasteiger charge is -2.54. The van der Waals surface area contributed by atoms with Gasteiger partial charge in [-0.25, -0.2) is 0 Å². The highest BCUT2D eigenvalue weighted by Crippen LogP contribution is 2.54. The Balaban J connectivity index is 1.51. The van der Waals surface area contributed by atoms with E-state index < -0.39 is 0 Å². The van der Waals surface area contributed by atoms with Crippen molar-refractivity contribution >= 4 is 0 Å². The van der Waals surface area contributed by atoms with E-state index in [0.29, 0.717) is 23.4 Å². The van der Waals surface area contributed by atoms with Gasteiger partial charge in [0.25, 0.3) is 0 Å². The molecule has 6 rings (SSSR count). The summed E-state index contributed by atoms with van der Waals surface area (Å²) in [7, 11) is 2.29. The van der Waals surface area contributed by atoms with Crippen molar-refractivity contribution in [2.75, 3.05) is 66.0 Å². The maximum Gasteiger partial charge on any atom is 0.0235 e. The highest BCUT2D eigenvalue weighted by molar-refractivity contribution is 5.32. The fourth-order valence-electron chi connectivity index (χ4n) is 7.66. The van der Waals surface area contributed by atoms with Crippen molar-refractivity contribution in [1.29, 1.82) is 0 Å². The standard InChI is InChI=1S/C32H48N4/c1-4-34(5-2)18-12-19-35-20-17-32(36-23-21-33(3)22-24-36)25-29(27-13-8-6-9-14-27)31(35)30(26-32)28-15-10-7-11-16-28/h6-11,13-16,29-31H,4-5,12,17-26H2,1-3H3/t29-,30-,31?,32?/m0/s1. The van der Waals surface area contributed by atoms with E-state index in [2.05, 4.69) is 101 Å². The maximum atomic E-state index is 2.93. The molecule has 2 bridgehead atoms. The van der Waals surface area contributed by atoms with Gasteiger partial charge in [-0.2, -0.15) is 0 Å². The van der Waals surface area contributed by atoms with Crippen molar-refractivity contribution in [2.45, 2.75) is 62.9 Å². The molecule has 4 nitrogen and oxygen atoms in total. The molecule has 0 spiro atoms. The first-order chi connectivity index (χ1) is 17.6. The normalized spacial score (nSPS) is 30.1. The Morgan fingerprint density at radius 1 is 0.778 bits per heavy atom. The Kier molecular flexibility index (Phi) is 8.47. The van der Waals surface area contributed by atoms with Crippen LogP contribution in [-0.2, 0) is 0 Å². The zero-order valence-corrected chi connectivity index (χ0v) is 23.0. The van der Waals surface area contributed by atoms with E-state index in [-0.39, 0.29) is 0 Å². The summed E-state index contributed by atoms with van der Waals surface area (Å²) < 4.78 is 0. The first-order valence-electron chi connectivity index (χ1n) is 14.6. The third-order valence-electron chi connectivity index (χ3n) is 9.75. The highest BCUT2D eigenvalue weighted by Gasteiger charge is 2.54. The Labute approximate surface area is 220 Å². The monoisotopic (exact) mass is 488 g/mol. The summed E-state index contributed by atoms with van der Waals surface area (Å²) in [5, 5.41) is 0. The van der Waals surface area contributed by atoms with Crippen LogP contribution in [0.5, 0.6) is 0 Å². The minimum Gasteiger partial charge on any atom is -0.304 e. The Bertz CT molecular complexity index is 870. The predicted molar refractivity (Wildman–Crippen MR) is 152 cm³/mol. The maximum absolute atomic E-state index is 2.93. The average Bonchev–Trinajstić information content (AvgIpc) is 3.20. The van der Waals surface area contributed by atoms with E-state index in [9.17, 15) is 0 Å². The number of benzene rings is 2. The van der Waals surface area contributed by atoms with Crippen LogP contribution in [-0.4, -0.2) is 97.1 Å². The van der Waals surface area contributed by atoms with Crippen LogP contribution in [0.15, 0.2) is 60.7 Å². The Hall–Kier alpha value is -1.72. The molecule has 2 atom stereocenters. The molecule has 4 fully saturated rings. The van der Waals surface area contributed by atoms with Crippen LogP contribution in [0.3, 0.4) is 0 Å². The second-order valence-corrected chi connectivity index (χ2v) is 11.6. The van der Waals surface area contributed by atoms with Gasteiger partial charge in [-0.1, -0.05) is 74.5 Å². The van der Waals surface area contributed by atoms with E-state index in [4.69, 9.17) is 0 Å². The SMILES string of the molecule is CCN(CC)CCCN1CCC2(N3CCN(C)CC3)C[C@@H](c3ccccc3)C1[C@H](c1ccccc1)C2. The molecule has 0 aromatic heterocycles. The second-order valence-electron chi connectivity index (χ2n) is 11.6. The van der Waals surface area contributed by atoms with Gasteiger partial charge in [-0.15, -0.1) is 0 Å². The predicted octanol–water partition coefficient (Wildman–Crippen LogP) is 5.14. The molecule has 4 heteroatoms. The van der Waals surface area contributed by atoms with E-state index in [0.717, 1.165) is 13.1 Å². The van der Waals surface area contributed by atoms with Crippen molar-refractivity contribution < 1.29 is 0 Å². The molecule has 2 aromatic rings. The fraction of sp³-hybridized carbons (Fsp3) is 0.625. The molecule has 0 unspecified atom stereocenters. The van der Waals surface area contributed by atoms with Crippen molar-refractivity contribution in [2.24, 2.45) is 0 Å². The molecule has 3 saturated heterocycles. The minimum atomic E-state index is 0.298. The molecular formula is C32H48N4. The van der Waals surface area contributed by atoms with Crippen molar-refractivity contribution in [3.63, 3.8) is 0 Å². The minimum absolute atomic E-state index is 0.298. The van der Waals surface area contributed by atoms with Crippen LogP contribution in [0.25, 0.3) is 0 Å². The number of hydrogen-bond acceptors (Lipinski definition) is 4. The molecule has 36 heavy (non-hydrogen) atoms. The number of piperazine rings is 1. The van der Waals surface area contributed by atoms with Crippen molar-refractivity contribution in [3.05, 3.63) is 71.8 Å². The number of fused-ring (bicyclic) bond motifs is 4. The van der Waals surface area contributed by atoms with Crippen molar-refractivity contribution in [1.82, 2.24) is 19.6 Å². The van der Waals surface area contributed by atoms with Gasteiger partial charge in [-0.05, 0) is 70.0 Å². The Morgan fingerprint density at radius 3 is 1.86 bits per heavy atom. The first kappa shape index (κ1) is 25.9. The van der Waals surface area contributed by atoms with Gasteiger partial charge in [0.2, 0.25) is 0 Å². The number of nitrogens with zero attached hydrogens (tertiary/aromatic N) is 4. The molecule has 0 amide bonds. The van der Waals surface area contributed by atoms with Crippen LogP contribution in [0.1, 0.15) is 62.5 Å². The summed E-state index contributed by atoms with van der Waals surface area (Å²) in [6, 6.07) is 23.7. The summed E-state index contributed by atoms with van der Waals surface area (Å²) in [5.74, 6) is 1.17. The molecule has 0 radical (unpaired) electrons. The van der Waals surface area contributed by atoms with Crippen LogP contribution in [0.2, 0.25) is 0 Å². The third kappa shape index (κ3) is 5.43. The van der Waals surface area contributed by atoms with Crippen LogP contribution in [0.4, 0.5) is 0 Å². The molecule has 2 aromatic carbocycles. The molecule has 1 aliphatic carbocycles. The van der Waals surface area contributed by atoms with Gasteiger partial charge in [-0.3, -0.25) is 9.80 Å². The van der Waals surface area contributed by atoms with E-state index in [1.54, 1.807) is 11.1 Å². The molecule has 0 N–H and O–H groups in total. The largest absolute Gasteiger partial charge is 0.304 e. The average molecular weight is 489 g/mol. The molecule has 3 aliphatic heterocycles. The summed E-state index contributed by atoms with van der Waals surface area (Å²) in [6.45, 7) is 15.4. The summed E-state index contributed by atoms with van der Waals surface area (Å²) in [4.78, 5) is 11.0. The lowest BCUT2D eigenvalue weighted by molar-refractivity contribution is -0.0000220. The van der Waals surface area contributed by atoms with Gasteiger partial charge in [0.1, 0.15) is 0 Å². The molecule has 1 saturated carbocycles. The smallest absolute Gasteiger partial charge is 0.0235 e. The Morgan fingerprint density at radius 2 is 1.33 bits per heavy atom. The number of likely N-dealkylation sites (N-methyl/N-ethyl adjacent to an activating group) is 1. The zero-order chi connectivity index (χ0) is 25.0.